The van der Waals surface area contributed by atoms with E-state index in [1.165, 1.54) is 17.6 Å². The topological polar surface area (TPSA) is 180 Å². The third-order valence-electron chi connectivity index (χ3n) is 12.6. The normalized spacial score (nSPS) is 26.4. The number of fused-ring (bicyclic) bond motifs is 2. The molecule has 4 aliphatic rings. The highest BCUT2D eigenvalue weighted by Crippen LogP contribution is 2.58. The summed E-state index contributed by atoms with van der Waals surface area (Å²) in [6.07, 6.45) is 4.39. The number of ether oxygens (including phenoxy) is 4. The molecule has 320 valence electrons. The van der Waals surface area contributed by atoms with E-state index < -0.39 is 40.8 Å². The van der Waals surface area contributed by atoms with Crippen LogP contribution in [0.3, 0.4) is 0 Å². The maximum Gasteiger partial charge on any atom is 0.310 e. The van der Waals surface area contributed by atoms with Crippen LogP contribution in [0.4, 0.5) is 6.01 Å². The number of carbonyl (C=O) groups excluding carboxylic acids is 3. The number of hydrogen-bond donors (Lipinski definition) is 2. The van der Waals surface area contributed by atoms with Crippen molar-refractivity contribution in [2.24, 2.45) is 34.5 Å². The van der Waals surface area contributed by atoms with Gasteiger partial charge in [0.15, 0.2) is 5.78 Å². The molecule has 15 heteroatoms. The molecule has 14 nitrogen and oxygen atoms in total. The second-order valence-electron chi connectivity index (χ2n) is 18.3. The molecule has 0 radical (unpaired) electrons. The summed E-state index contributed by atoms with van der Waals surface area (Å²) >= 11 is 6.95. The number of anilines is 1. The first-order chi connectivity index (χ1) is 28.0. The average Bonchev–Trinajstić information content (AvgIpc) is 3.84. The molecule has 1 saturated heterocycles. The maximum absolute atomic E-state index is 14.8. The highest BCUT2D eigenvalue weighted by molar-refractivity contribution is 6.36. The number of esters is 1. The van der Waals surface area contributed by atoms with Crippen molar-refractivity contribution >= 4 is 52.1 Å². The molecule has 1 unspecified atom stereocenters. The van der Waals surface area contributed by atoms with Gasteiger partial charge in [-0.25, -0.2) is 4.98 Å². The van der Waals surface area contributed by atoms with Crippen molar-refractivity contribution in [1.29, 1.82) is 0 Å². The summed E-state index contributed by atoms with van der Waals surface area (Å²) in [6.45, 7) is 12.2. The fourth-order valence-electron chi connectivity index (χ4n) is 9.12. The lowest BCUT2D eigenvalue weighted by atomic mass is 9.77. The fraction of sp³-hybridized carbons (Fsp3) is 0.636. The first-order valence-corrected chi connectivity index (χ1v) is 21.3. The van der Waals surface area contributed by atoms with Crippen LogP contribution in [0.15, 0.2) is 28.9 Å². The van der Waals surface area contributed by atoms with Gasteiger partial charge in [-0.3, -0.25) is 19.2 Å². The Balaban J connectivity index is 1.21. The van der Waals surface area contributed by atoms with Crippen LogP contribution in [-0.2, 0) is 28.7 Å². The van der Waals surface area contributed by atoms with Gasteiger partial charge >= 0.3 is 11.9 Å². The third-order valence-corrected chi connectivity index (χ3v) is 13.0. The Hall–Kier alpha value is -4.43. The number of carboxylic acid groups (broad SMARTS) is 1. The van der Waals surface area contributed by atoms with Crippen molar-refractivity contribution in [3.05, 3.63) is 29.5 Å². The lowest BCUT2D eigenvalue weighted by Gasteiger charge is -2.35. The molecule has 3 heterocycles. The third kappa shape index (κ3) is 9.18. The quantitative estimate of drug-likeness (QED) is 0.0946. The number of benzene rings is 1. The van der Waals surface area contributed by atoms with Gasteiger partial charge < -0.3 is 38.7 Å². The molecule has 0 spiro atoms. The molecule has 7 rings (SSSR count). The Bertz CT molecular complexity index is 2070. The summed E-state index contributed by atoms with van der Waals surface area (Å²) in [5, 5.41) is 14.2. The molecule has 1 aromatic carbocycles. The molecule has 3 saturated carbocycles. The van der Waals surface area contributed by atoms with Crippen LogP contribution < -0.4 is 14.8 Å². The van der Waals surface area contributed by atoms with E-state index >= 15 is 0 Å². The molecule has 8 atom stereocenters. The van der Waals surface area contributed by atoms with Crippen molar-refractivity contribution in [2.75, 3.05) is 32.2 Å². The molecule has 2 aromatic heterocycles. The number of hydrogen-bond acceptors (Lipinski definition) is 12. The number of nitrogens with zero attached hydrogens (tertiary/aromatic N) is 3. The number of pyridine rings is 1. The van der Waals surface area contributed by atoms with Crippen LogP contribution in [0.25, 0.3) is 22.3 Å². The molecule has 59 heavy (non-hydrogen) atoms. The van der Waals surface area contributed by atoms with Gasteiger partial charge in [0.2, 0.25) is 5.91 Å². The van der Waals surface area contributed by atoms with E-state index in [2.05, 4.69) is 10.3 Å². The van der Waals surface area contributed by atoms with Crippen molar-refractivity contribution < 1.29 is 47.6 Å². The SMILES string of the molecule is CC[C@@H]1C[C@]1(CC(=O)[C@@H]1C[C@@H](Oc2cc(-c3coc(NC(C)C)n3)nc3c(Cl)c(OCCOC)ccc23)CN1C(=O)[C@@H](CC(=O)OC1C[C@@H]2C[C@@H]2C1)C(C)(C)C)C(=O)O. The Labute approximate surface area is 350 Å². The van der Waals surface area contributed by atoms with Crippen LogP contribution in [-0.4, -0.2) is 94.8 Å². The van der Waals surface area contributed by atoms with Crippen molar-refractivity contribution in [1.82, 2.24) is 14.9 Å². The first kappa shape index (κ1) is 42.7. The van der Waals surface area contributed by atoms with E-state index in [1.807, 2.05) is 41.5 Å². The first-order valence-electron chi connectivity index (χ1n) is 20.9. The van der Waals surface area contributed by atoms with Gasteiger partial charge in [0.05, 0.1) is 48.2 Å². The highest BCUT2D eigenvalue weighted by atomic mass is 35.5. The molecule has 3 aromatic rings. The standard InChI is InChI=1S/C44H57ClN4O10/c1-8-26-19-44(26,41(53)54)20-34(50)33-16-28(21-49(33)40(52)30(43(4,5)6)17-37(51)59-27-14-24-13-25(24)15-27)58-36-18-31(32-22-57-42(48-32)46-23(2)3)47-39-29(36)9-10-35(38(39)45)56-12-11-55-7/h9-10,18,22-28,30,33H,8,11-17,19-21H2,1-7H3,(H,46,48)(H,53,54)/t24-,25+,26-,27?,28-,30-,33+,44-/m1/s1. The molecule has 0 bridgehead atoms. The lowest BCUT2D eigenvalue weighted by molar-refractivity contribution is -0.157. The number of oxazole rings is 1. The summed E-state index contributed by atoms with van der Waals surface area (Å²) in [4.78, 5) is 66.1. The molecule has 3 aliphatic carbocycles. The second-order valence-corrected chi connectivity index (χ2v) is 18.7. The van der Waals surface area contributed by atoms with E-state index in [9.17, 15) is 24.3 Å². The number of ketones is 1. The van der Waals surface area contributed by atoms with E-state index in [4.69, 9.17) is 39.9 Å². The number of carboxylic acids is 1. The number of halogens is 1. The summed E-state index contributed by atoms with van der Waals surface area (Å²) in [6, 6.07) is 4.63. The molecule has 1 aliphatic heterocycles. The van der Waals surface area contributed by atoms with Gasteiger partial charge in [-0.05, 0) is 74.8 Å². The smallest absolute Gasteiger partial charge is 0.310 e. The molecule has 4 fully saturated rings. The minimum atomic E-state index is -1.16. The van der Waals surface area contributed by atoms with Crippen LogP contribution in [0.5, 0.6) is 11.5 Å². The molecule has 1 amide bonds. The van der Waals surface area contributed by atoms with Crippen LogP contribution >= 0.6 is 11.6 Å². The predicted octanol–water partition coefficient (Wildman–Crippen LogP) is 7.59. The van der Waals surface area contributed by atoms with E-state index in [0.29, 0.717) is 71.1 Å². The Morgan fingerprint density at radius 3 is 2.42 bits per heavy atom. The van der Waals surface area contributed by atoms with Crippen molar-refractivity contribution in [3.8, 4) is 22.9 Å². The average molecular weight is 837 g/mol. The Kier molecular flexibility index (Phi) is 12.2. The number of aromatic nitrogens is 2. The zero-order valence-electron chi connectivity index (χ0n) is 35.0. The summed E-state index contributed by atoms with van der Waals surface area (Å²) in [5.74, 6) is -1.02. The van der Waals surface area contributed by atoms with Gasteiger partial charge in [-0.2, -0.15) is 4.98 Å². The second kappa shape index (κ2) is 16.9. The van der Waals surface area contributed by atoms with Crippen LogP contribution in [0, 0.1) is 34.5 Å². The van der Waals surface area contributed by atoms with Gasteiger partial charge in [0, 0.05) is 37.4 Å². The maximum atomic E-state index is 14.8. The Morgan fingerprint density at radius 1 is 1.03 bits per heavy atom. The summed E-state index contributed by atoms with van der Waals surface area (Å²) in [5.41, 5.74) is -0.630. The fourth-order valence-corrected chi connectivity index (χ4v) is 9.38. The largest absolute Gasteiger partial charge is 0.490 e. The van der Waals surface area contributed by atoms with Crippen molar-refractivity contribution in [3.63, 3.8) is 0 Å². The lowest BCUT2D eigenvalue weighted by Crippen LogP contribution is -2.48. The minimum Gasteiger partial charge on any atom is -0.490 e. The van der Waals surface area contributed by atoms with E-state index in [1.54, 1.807) is 25.3 Å². The highest BCUT2D eigenvalue weighted by Gasteiger charge is 2.61. The van der Waals surface area contributed by atoms with Crippen LogP contribution in [0.2, 0.25) is 5.02 Å². The number of nitrogens with one attached hydrogen (secondary N) is 1. The minimum absolute atomic E-state index is 0.0254. The van der Waals surface area contributed by atoms with Gasteiger partial charge in [-0.15, -0.1) is 0 Å². The van der Waals surface area contributed by atoms with E-state index in [0.717, 1.165) is 12.8 Å². The number of rotatable bonds is 18. The zero-order chi connectivity index (χ0) is 42.4. The predicted molar refractivity (Wildman–Crippen MR) is 219 cm³/mol. The molecular formula is C44H57ClN4O10. The number of Topliss-reactive ketones (excluding diaryl/α,β-unsaturated/α-hetero) is 1. The van der Waals surface area contributed by atoms with Gasteiger partial charge in [0.1, 0.15) is 47.3 Å². The molecular weight excluding hydrogens is 780 g/mol. The number of carbonyl (C=O) groups is 4. The van der Waals surface area contributed by atoms with Gasteiger partial charge in [-0.1, -0.05) is 45.7 Å². The van der Waals surface area contributed by atoms with Crippen LogP contribution in [0.1, 0.15) is 92.9 Å². The van der Waals surface area contributed by atoms with E-state index in [-0.39, 0.29) is 67.2 Å². The zero-order valence-corrected chi connectivity index (χ0v) is 35.8. The number of aliphatic carboxylic acids is 1. The summed E-state index contributed by atoms with van der Waals surface area (Å²) < 4.78 is 29.4. The summed E-state index contributed by atoms with van der Waals surface area (Å²) in [7, 11) is 1.58. The van der Waals surface area contributed by atoms with Gasteiger partial charge in [0.25, 0.3) is 6.01 Å². The number of likely N-dealkylation sites (tertiary alicyclic amines) is 1. The number of amides is 1. The Morgan fingerprint density at radius 2 is 1.78 bits per heavy atom. The monoisotopic (exact) mass is 836 g/mol. The molecule has 2 N–H and O–H groups in total. The number of methoxy groups -OCH3 is 1. The van der Waals surface area contributed by atoms with Crippen molar-refractivity contribution in [2.45, 2.75) is 117 Å².